The second-order valence-corrected chi connectivity index (χ2v) is 7.09. The van der Waals surface area contributed by atoms with Crippen LogP contribution in [0, 0.1) is 0 Å². The van der Waals surface area contributed by atoms with Gasteiger partial charge >= 0.3 is 0 Å². The van der Waals surface area contributed by atoms with Gasteiger partial charge in [0.1, 0.15) is 0 Å². The van der Waals surface area contributed by atoms with Crippen LogP contribution in [-0.2, 0) is 10.0 Å². The Hall–Kier alpha value is -1.17. The maximum absolute atomic E-state index is 12.9. The van der Waals surface area contributed by atoms with Crippen molar-refractivity contribution in [3.05, 3.63) is 36.7 Å². The minimum absolute atomic E-state index is 0.0984. The molecule has 0 radical (unpaired) electrons. The second kappa shape index (κ2) is 5.31. The van der Waals surface area contributed by atoms with E-state index in [1.54, 1.807) is 30.6 Å². The molecule has 2 aromatic rings. The minimum Gasteiger partial charge on any atom is -0.264 e. The average Bonchev–Trinajstić information content (AvgIpc) is 2.96. The molecule has 1 fully saturated rings. The van der Waals surface area contributed by atoms with Gasteiger partial charge in [0.25, 0.3) is 0 Å². The molecule has 20 heavy (non-hydrogen) atoms. The van der Waals surface area contributed by atoms with Gasteiger partial charge in [0.05, 0.1) is 4.90 Å². The number of pyridine rings is 1. The Labute approximate surface area is 123 Å². The Balaban J connectivity index is 2.14. The Morgan fingerprint density at radius 1 is 1.35 bits per heavy atom. The SMILES string of the molecule is O=S(=O)(c1cccc2cnccc12)N1CCCC1CCl. The molecular weight excluding hydrogens is 296 g/mol. The molecule has 1 aromatic carbocycles. The van der Waals surface area contributed by atoms with Gasteiger partial charge in [-0.3, -0.25) is 4.98 Å². The van der Waals surface area contributed by atoms with E-state index in [1.807, 2.05) is 6.07 Å². The highest BCUT2D eigenvalue weighted by atomic mass is 35.5. The van der Waals surface area contributed by atoms with Gasteiger partial charge in [0.2, 0.25) is 10.0 Å². The van der Waals surface area contributed by atoms with Crippen molar-refractivity contribution in [2.24, 2.45) is 0 Å². The van der Waals surface area contributed by atoms with Crippen molar-refractivity contribution in [3.8, 4) is 0 Å². The number of rotatable bonds is 3. The van der Waals surface area contributed by atoms with Gasteiger partial charge in [-0.2, -0.15) is 4.31 Å². The first-order valence-corrected chi connectivity index (χ1v) is 8.52. The zero-order valence-electron chi connectivity index (χ0n) is 10.9. The van der Waals surface area contributed by atoms with Gasteiger partial charge in [0, 0.05) is 41.6 Å². The molecule has 1 aliphatic rings. The molecule has 0 saturated carbocycles. The van der Waals surface area contributed by atoms with E-state index >= 15 is 0 Å². The lowest BCUT2D eigenvalue weighted by Gasteiger charge is -2.23. The van der Waals surface area contributed by atoms with Crippen molar-refractivity contribution in [1.82, 2.24) is 9.29 Å². The number of nitrogens with zero attached hydrogens (tertiary/aromatic N) is 2. The molecule has 0 N–H and O–H groups in total. The van der Waals surface area contributed by atoms with Crippen LogP contribution in [0.4, 0.5) is 0 Å². The minimum atomic E-state index is -3.51. The number of hydrogen-bond donors (Lipinski definition) is 0. The van der Waals surface area contributed by atoms with Crippen molar-refractivity contribution in [2.75, 3.05) is 12.4 Å². The highest BCUT2D eigenvalue weighted by molar-refractivity contribution is 7.89. The van der Waals surface area contributed by atoms with E-state index in [-0.39, 0.29) is 6.04 Å². The van der Waals surface area contributed by atoms with Crippen LogP contribution in [0.3, 0.4) is 0 Å². The van der Waals surface area contributed by atoms with Gasteiger partial charge in [-0.05, 0) is 25.0 Å². The molecule has 1 atom stereocenters. The molecule has 2 heterocycles. The van der Waals surface area contributed by atoms with Crippen LogP contribution < -0.4 is 0 Å². The molecule has 1 saturated heterocycles. The molecule has 0 amide bonds. The summed E-state index contributed by atoms with van der Waals surface area (Å²) < 4.78 is 27.3. The van der Waals surface area contributed by atoms with Crippen molar-refractivity contribution >= 4 is 32.4 Å². The summed E-state index contributed by atoms with van der Waals surface area (Å²) in [5, 5.41) is 1.54. The molecular formula is C14H15ClN2O2S. The molecule has 6 heteroatoms. The van der Waals surface area contributed by atoms with Gasteiger partial charge in [-0.1, -0.05) is 12.1 Å². The molecule has 1 aromatic heterocycles. The van der Waals surface area contributed by atoms with Crippen LogP contribution >= 0.6 is 11.6 Å². The highest BCUT2D eigenvalue weighted by Crippen LogP contribution is 2.30. The van der Waals surface area contributed by atoms with Crippen LogP contribution in [-0.4, -0.2) is 36.2 Å². The Kier molecular flexibility index (Phi) is 3.67. The van der Waals surface area contributed by atoms with Gasteiger partial charge in [0.15, 0.2) is 0 Å². The Bertz CT molecular complexity index is 728. The molecule has 0 spiro atoms. The fourth-order valence-corrected chi connectivity index (χ4v) is 5.04. The zero-order chi connectivity index (χ0) is 14.2. The summed E-state index contributed by atoms with van der Waals surface area (Å²) in [5.74, 6) is 0.339. The molecule has 1 unspecified atom stereocenters. The van der Waals surface area contributed by atoms with Crippen molar-refractivity contribution < 1.29 is 8.42 Å². The fourth-order valence-electron chi connectivity index (χ4n) is 2.72. The summed E-state index contributed by atoms with van der Waals surface area (Å²) in [5.41, 5.74) is 0. The first kappa shape index (κ1) is 13.8. The van der Waals surface area contributed by atoms with E-state index in [4.69, 9.17) is 11.6 Å². The fraction of sp³-hybridized carbons (Fsp3) is 0.357. The van der Waals surface area contributed by atoms with E-state index < -0.39 is 10.0 Å². The van der Waals surface area contributed by atoms with E-state index in [2.05, 4.69) is 4.98 Å². The van der Waals surface area contributed by atoms with Crippen LogP contribution in [0.15, 0.2) is 41.6 Å². The third-order valence-corrected chi connectivity index (χ3v) is 6.09. The third kappa shape index (κ3) is 2.20. The monoisotopic (exact) mass is 310 g/mol. The number of hydrogen-bond acceptors (Lipinski definition) is 3. The predicted molar refractivity (Wildman–Crippen MR) is 79.4 cm³/mol. The van der Waals surface area contributed by atoms with E-state index in [9.17, 15) is 8.42 Å². The van der Waals surface area contributed by atoms with Gasteiger partial charge in [-0.25, -0.2) is 8.42 Å². The quantitative estimate of drug-likeness (QED) is 0.819. The van der Waals surface area contributed by atoms with E-state index in [0.717, 1.165) is 18.2 Å². The van der Waals surface area contributed by atoms with Crippen LogP contribution in [0.1, 0.15) is 12.8 Å². The van der Waals surface area contributed by atoms with Crippen LogP contribution in [0.2, 0.25) is 0 Å². The second-order valence-electron chi connectivity index (χ2n) is 4.92. The lowest BCUT2D eigenvalue weighted by atomic mass is 10.2. The smallest absolute Gasteiger partial charge is 0.243 e. The summed E-state index contributed by atoms with van der Waals surface area (Å²) in [6, 6.07) is 6.92. The summed E-state index contributed by atoms with van der Waals surface area (Å²) >= 11 is 5.90. The number of sulfonamides is 1. The first-order chi connectivity index (χ1) is 9.64. The highest BCUT2D eigenvalue weighted by Gasteiger charge is 2.35. The molecule has 106 valence electrons. The molecule has 0 aliphatic carbocycles. The van der Waals surface area contributed by atoms with E-state index in [0.29, 0.717) is 22.7 Å². The normalized spacial score (nSPS) is 20.6. The topological polar surface area (TPSA) is 50.3 Å². The number of halogens is 1. The summed E-state index contributed by atoms with van der Waals surface area (Å²) in [6.45, 7) is 0.543. The number of fused-ring (bicyclic) bond motifs is 1. The number of benzene rings is 1. The number of aromatic nitrogens is 1. The molecule has 0 bridgehead atoms. The van der Waals surface area contributed by atoms with Crippen molar-refractivity contribution in [2.45, 2.75) is 23.8 Å². The summed E-state index contributed by atoms with van der Waals surface area (Å²) in [6.07, 6.45) is 4.99. The number of alkyl halides is 1. The lowest BCUT2D eigenvalue weighted by Crippen LogP contribution is -2.36. The van der Waals surface area contributed by atoms with Gasteiger partial charge < -0.3 is 0 Å². The Morgan fingerprint density at radius 3 is 3.00 bits per heavy atom. The largest absolute Gasteiger partial charge is 0.264 e. The average molecular weight is 311 g/mol. The molecule has 3 rings (SSSR count). The van der Waals surface area contributed by atoms with E-state index in [1.165, 1.54) is 4.31 Å². The van der Waals surface area contributed by atoms with Crippen molar-refractivity contribution in [1.29, 1.82) is 0 Å². The summed E-state index contributed by atoms with van der Waals surface area (Å²) in [4.78, 5) is 4.38. The first-order valence-electron chi connectivity index (χ1n) is 6.55. The molecule has 4 nitrogen and oxygen atoms in total. The maximum atomic E-state index is 12.9. The zero-order valence-corrected chi connectivity index (χ0v) is 12.4. The molecule has 1 aliphatic heterocycles. The third-order valence-electron chi connectivity index (χ3n) is 3.73. The summed E-state index contributed by atoms with van der Waals surface area (Å²) in [7, 11) is -3.51. The predicted octanol–water partition coefficient (Wildman–Crippen LogP) is 2.63. The lowest BCUT2D eigenvalue weighted by molar-refractivity contribution is 0.411. The van der Waals surface area contributed by atoms with Gasteiger partial charge in [-0.15, -0.1) is 11.6 Å². The Morgan fingerprint density at radius 2 is 2.20 bits per heavy atom. The van der Waals surface area contributed by atoms with Crippen LogP contribution in [0.25, 0.3) is 10.8 Å². The maximum Gasteiger partial charge on any atom is 0.243 e. The van der Waals surface area contributed by atoms with Crippen LogP contribution in [0.5, 0.6) is 0 Å². The standard InChI is InChI=1S/C14H15ClN2O2S/c15-9-12-4-2-8-17(12)20(18,19)14-5-1-3-11-10-16-7-6-13(11)14/h1,3,5-7,10,12H,2,4,8-9H2. The van der Waals surface area contributed by atoms with Crippen molar-refractivity contribution in [3.63, 3.8) is 0 Å².